The van der Waals surface area contributed by atoms with E-state index < -0.39 is 5.54 Å². The lowest BCUT2D eigenvalue weighted by atomic mass is 10.0. The summed E-state index contributed by atoms with van der Waals surface area (Å²) in [4.78, 5) is 15.2. The molecule has 5 nitrogen and oxygen atoms in total. The molecule has 0 unspecified atom stereocenters. The third kappa shape index (κ3) is 4.51. The summed E-state index contributed by atoms with van der Waals surface area (Å²) in [5, 5.41) is 3.04. The molecule has 0 bridgehead atoms. The number of carbonyl (C=O) groups is 1. The van der Waals surface area contributed by atoms with Crippen molar-refractivity contribution in [2.75, 3.05) is 0 Å². The summed E-state index contributed by atoms with van der Waals surface area (Å²) in [5.74, 6) is 0.0734. The van der Waals surface area contributed by atoms with Crippen molar-refractivity contribution in [2.24, 2.45) is 16.5 Å². The van der Waals surface area contributed by atoms with E-state index in [0.717, 1.165) is 12.8 Å². The molecule has 1 aliphatic carbocycles. The number of primary amides is 1. The number of nitrogens with two attached hydrogens (primary N) is 2. The number of hydrogen-bond acceptors (Lipinski definition) is 2. The monoisotopic (exact) mass is 226 g/mol. The van der Waals surface area contributed by atoms with Gasteiger partial charge in [-0.2, -0.15) is 0 Å². The summed E-state index contributed by atoms with van der Waals surface area (Å²) in [5.41, 5.74) is 10.5. The van der Waals surface area contributed by atoms with Gasteiger partial charge in [-0.15, -0.1) is 0 Å². The van der Waals surface area contributed by atoms with Gasteiger partial charge in [-0.25, -0.2) is 0 Å². The number of carbonyl (C=O) groups excluding carboxylic acids is 1. The Bertz CT molecular complexity index is 280. The maximum absolute atomic E-state index is 10.8. The maximum atomic E-state index is 10.8. The second-order valence-corrected chi connectivity index (χ2v) is 5.10. The van der Waals surface area contributed by atoms with E-state index in [2.05, 4.69) is 10.3 Å². The minimum atomic E-state index is -0.433. The molecule has 5 N–H and O–H groups in total. The SMILES string of the molecule is CC(C)(CC(N)=O)NC(N)=NC1CCCC1. The van der Waals surface area contributed by atoms with Crippen LogP contribution in [0.1, 0.15) is 46.0 Å². The first-order valence-electron chi connectivity index (χ1n) is 5.79. The van der Waals surface area contributed by atoms with E-state index in [1.165, 1.54) is 12.8 Å². The summed E-state index contributed by atoms with van der Waals surface area (Å²) in [6.07, 6.45) is 4.92. The number of amides is 1. The smallest absolute Gasteiger partial charge is 0.219 e. The van der Waals surface area contributed by atoms with Gasteiger partial charge in [-0.3, -0.25) is 9.79 Å². The Labute approximate surface area is 96.7 Å². The van der Waals surface area contributed by atoms with Crippen molar-refractivity contribution in [2.45, 2.75) is 57.5 Å². The molecule has 5 heteroatoms. The van der Waals surface area contributed by atoms with E-state index in [4.69, 9.17) is 11.5 Å². The highest BCUT2D eigenvalue weighted by Gasteiger charge is 2.22. The standard InChI is InChI=1S/C11H22N4O/c1-11(2,7-9(12)16)15-10(13)14-8-5-3-4-6-8/h8H,3-7H2,1-2H3,(H2,12,16)(H3,13,14,15). The summed E-state index contributed by atoms with van der Waals surface area (Å²) < 4.78 is 0. The number of hydrogen-bond donors (Lipinski definition) is 3. The Morgan fingerprint density at radius 3 is 2.44 bits per heavy atom. The third-order valence-corrected chi connectivity index (χ3v) is 2.73. The van der Waals surface area contributed by atoms with Gasteiger partial charge >= 0.3 is 0 Å². The topological polar surface area (TPSA) is 93.5 Å². The molecule has 0 aliphatic heterocycles. The Morgan fingerprint density at radius 1 is 1.38 bits per heavy atom. The van der Waals surface area contributed by atoms with Gasteiger partial charge in [0.15, 0.2) is 5.96 Å². The molecule has 0 aromatic carbocycles. The Morgan fingerprint density at radius 2 is 1.94 bits per heavy atom. The van der Waals surface area contributed by atoms with Crippen LogP contribution in [0.15, 0.2) is 4.99 Å². The molecule has 1 aliphatic rings. The van der Waals surface area contributed by atoms with Gasteiger partial charge in [0.25, 0.3) is 0 Å². The van der Waals surface area contributed by atoms with Crippen LogP contribution in [0.25, 0.3) is 0 Å². The largest absolute Gasteiger partial charge is 0.370 e. The van der Waals surface area contributed by atoms with Gasteiger partial charge in [-0.1, -0.05) is 12.8 Å². The molecule has 16 heavy (non-hydrogen) atoms. The molecule has 1 rings (SSSR count). The van der Waals surface area contributed by atoms with E-state index in [9.17, 15) is 4.79 Å². The molecule has 0 radical (unpaired) electrons. The molecule has 92 valence electrons. The second kappa shape index (κ2) is 5.18. The van der Waals surface area contributed by atoms with E-state index in [1.807, 2.05) is 13.8 Å². The number of nitrogens with zero attached hydrogens (tertiary/aromatic N) is 1. The highest BCUT2D eigenvalue weighted by Crippen LogP contribution is 2.20. The summed E-state index contributed by atoms with van der Waals surface area (Å²) in [6.45, 7) is 3.77. The van der Waals surface area contributed by atoms with Crippen LogP contribution in [0.3, 0.4) is 0 Å². The van der Waals surface area contributed by atoms with Crippen molar-refractivity contribution in [1.29, 1.82) is 0 Å². The van der Waals surface area contributed by atoms with Crippen LogP contribution < -0.4 is 16.8 Å². The highest BCUT2D eigenvalue weighted by molar-refractivity contribution is 5.81. The summed E-state index contributed by atoms with van der Waals surface area (Å²) in [7, 11) is 0. The fourth-order valence-corrected chi connectivity index (χ4v) is 2.09. The van der Waals surface area contributed by atoms with Crippen molar-refractivity contribution in [3.05, 3.63) is 0 Å². The van der Waals surface area contributed by atoms with E-state index in [0.29, 0.717) is 12.0 Å². The maximum Gasteiger partial charge on any atom is 0.219 e. The molecule has 0 spiro atoms. The lowest BCUT2D eigenvalue weighted by Crippen LogP contribution is -2.49. The fraction of sp³-hybridized carbons (Fsp3) is 0.818. The quantitative estimate of drug-likeness (QED) is 0.481. The average molecular weight is 226 g/mol. The lowest BCUT2D eigenvalue weighted by Gasteiger charge is -2.25. The van der Waals surface area contributed by atoms with E-state index >= 15 is 0 Å². The third-order valence-electron chi connectivity index (χ3n) is 2.73. The van der Waals surface area contributed by atoms with Gasteiger partial charge in [0.2, 0.25) is 5.91 Å². The molecular formula is C11H22N4O. The number of nitrogens with one attached hydrogen (secondary N) is 1. The minimum absolute atomic E-state index is 0.244. The highest BCUT2D eigenvalue weighted by atomic mass is 16.1. The Kier molecular flexibility index (Phi) is 4.15. The zero-order valence-corrected chi connectivity index (χ0v) is 10.1. The van der Waals surface area contributed by atoms with Crippen LogP contribution in [0.2, 0.25) is 0 Å². The second-order valence-electron chi connectivity index (χ2n) is 5.10. The zero-order valence-electron chi connectivity index (χ0n) is 10.1. The van der Waals surface area contributed by atoms with Crippen molar-refractivity contribution >= 4 is 11.9 Å². The van der Waals surface area contributed by atoms with E-state index in [-0.39, 0.29) is 12.3 Å². The van der Waals surface area contributed by atoms with Crippen LogP contribution >= 0.6 is 0 Å². The molecule has 0 aromatic heterocycles. The van der Waals surface area contributed by atoms with Gasteiger partial charge < -0.3 is 16.8 Å². The summed E-state index contributed by atoms with van der Waals surface area (Å²) in [6, 6.07) is 0.344. The molecule has 0 aromatic rings. The molecule has 0 atom stereocenters. The van der Waals surface area contributed by atoms with Crippen LogP contribution in [0.4, 0.5) is 0 Å². The minimum Gasteiger partial charge on any atom is -0.370 e. The predicted molar refractivity (Wildman–Crippen MR) is 64.9 cm³/mol. The molecule has 0 saturated heterocycles. The van der Waals surface area contributed by atoms with Gasteiger partial charge in [0.05, 0.1) is 6.04 Å². The fourth-order valence-electron chi connectivity index (χ4n) is 2.09. The normalized spacial score (nSPS) is 18.8. The van der Waals surface area contributed by atoms with Gasteiger partial charge in [-0.05, 0) is 26.7 Å². The van der Waals surface area contributed by atoms with Gasteiger partial charge in [0, 0.05) is 12.0 Å². The van der Waals surface area contributed by atoms with Crippen LogP contribution in [0.5, 0.6) is 0 Å². The van der Waals surface area contributed by atoms with Crippen LogP contribution in [-0.4, -0.2) is 23.4 Å². The average Bonchev–Trinajstić information content (AvgIpc) is 2.51. The predicted octanol–water partition coefficient (Wildman–Crippen LogP) is 0.487. The number of rotatable bonds is 4. The summed E-state index contributed by atoms with van der Waals surface area (Å²) >= 11 is 0. The van der Waals surface area contributed by atoms with Crippen LogP contribution in [-0.2, 0) is 4.79 Å². The van der Waals surface area contributed by atoms with E-state index in [1.54, 1.807) is 0 Å². The first-order chi connectivity index (χ1) is 7.39. The molecule has 1 amide bonds. The first kappa shape index (κ1) is 12.8. The van der Waals surface area contributed by atoms with Crippen molar-refractivity contribution in [3.8, 4) is 0 Å². The molecule has 1 saturated carbocycles. The molecular weight excluding hydrogens is 204 g/mol. The number of guanidine groups is 1. The first-order valence-corrected chi connectivity index (χ1v) is 5.79. The zero-order chi connectivity index (χ0) is 12.2. The van der Waals surface area contributed by atoms with Crippen LogP contribution in [0, 0.1) is 0 Å². The van der Waals surface area contributed by atoms with Crippen molar-refractivity contribution in [3.63, 3.8) is 0 Å². The molecule has 1 fully saturated rings. The van der Waals surface area contributed by atoms with Crippen molar-refractivity contribution in [1.82, 2.24) is 5.32 Å². The Balaban J connectivity index is 2.48. The van der Waals surface area contributed by atoms with Gasteiger partial charge in [0.1, 0.15) is 0 Å². The lowest BCUT2D eigenvalue weighted by molar-refractivity contribution is -0.119. The number of aliphatic imine (C=N–C) groups is 1. The van der Waals surface area contributed by atoms with Crippen molar-refractivity contribution < 1.29 is 4.79 Å². The molecule has 0 heterocycles. The Hall–Kier alpha value is -1.26.